The van der Waals surface area contributed by atoms with Gasteiger partial charge in [-0.2, -0.15) is 0 Å². The molecule has 0 atom stereocenters. The summed E-state index contributed by atoms with van der Waals surface area (Å²) in [7, 11) is 3.16. The molecule has 2 aromatic carbocycles. The summed E-state index contributed by atoms with van der Waals surface area (Å²) >= 11 is 1.40. The number of nitrogens with one attached hydrogen (secondary N) is 1. The second-order valence-corrected chi connectivity index (χ2v) is 8.89. The van der Waals surface area contributed by atoms with Crippen LogP contribution >= 0.6 is 11.3 Å². The Bertz CT molecular complexity index is 1400. The van der Waals surface area contributed by atoms with E-state index in [1.807, 2.05) is 25.1 Å². The monoisotopic (exact) mass is 504 g/mol. The molecular formula is C26H24N4O5S. The average Bonchev–Trinajstić information content (AvgIpc) is 3.24. The summed E-state index contributed by atoms with van der Waals surface area (Å²) in [5.74, 6) is 1.01. The van der Waals surface area contributed by atoms with E-state index in [0.717, 1.165) is 21.7 Å². The number of thiazole rings is 1. The molecule has 4 aromatic rings. The van der Waals surface area contributed by atoms with E-state index < -0.39 is 5.91 Å². The van der Waals surface area contributed by atoms with E-state index in [0.29, 0.717) is 22.4 Å². The lowest BCUT2D eigenvalue weighted by atomic mass is 10.1. The highest BCUT2D eigenvalue weighted by molar-refractivity contribution is 7.16. The Morgan fingerprint density at radius 2 is 1.78 bits per heavy atom. The van der Waals surface area contributed by atoms with Gasteiger partial charge in [-0.25, -0.2) is 9.97 Å². The van der Waals surface area contributed by atoms with Gasteiger partial charge in [0.05, 0.1) is 26.3 Å². The lowest BCUT2D eigenvalue weighted by molar-refractivity contribution is -0.115. The molecule has 36 heavy (non-hydrogen) atoms. The van der Waals surface area contributed by atoms with Crippen LogP contribution in [0.5, 0.6) is 23.1 Å². The third kappa shape index (κ3) is 5.61. The van der Waals surface area contributed by atoms with Crippen LogP contribution in [-0.4, -0.2) is 36.0 Å². The zero-order valence-electron chi connectivity index (χ0n) is 19.9. The number of aromatic nitrogens is 2. The summed E-state index contributed by atoms with van der Waals surface area (Å²) in [5.41, 5.74) is 7.96. The maximum Gasteiger partial charge on any atom is 0.254 e. The Morgan fingerprint density at radius 1 is 1.03 bits per heavy atom. The first-order valence-electron chi connectivity index (χ1n) is 10.9. The fourth-order valence-electron chi connectivity index (χ4n) is 3.50. The highest BCUT2D eigenvalue weighted by Crippen LogP contribution is 2.36. The van der Waals surface area contributed by atoms with Crippen LogP contribution in [-0.2, 0) is 11.2 Å². The molecule has 4 rings (SSSR count). The van der Waals surface area contributed by atoms with Gasteiger partial charge >= 0.3 is 0 Å². The zero-order chi connectivity index (χ0) is 25.7. The number of anilines is 1. The molecule has 0 aliphatic rings. The molecule has 184 valence electrons. The standard InChI is InChI=1S/C26H24N4O5S/c1-15-23(17-8-11-20(33-2)21(14-17)34-3)30-26(36-15)29-22(31)13-16-6-9-18(10-7-16)35-25-19(24(27)32)5-4-12-28-25/h4-12,14H,13H2,1-3H3,(H2,27,32)(H,29,30,31). The van der Waals surface area contributed by atoms with E-state index >= 15 is 0 Å². The lowest BCUT2D eigenvalue weighted by Gasteiger charge is -2.09. The minimum absolute atomic E-state index is 0.125. The van der Waals surface area contributed by atoms with Crippen LogP contribution in [0.25, 0.3) is 11.3 Å². The van der Waals surface area contributed by atoms with Gasteiger partial charge < -0.3 is 25.3 Å². The van der Waals surface area contributed by atoms with E-state index in [4.69, 9.17) is 19.9 Å². The van der Waals surface area contributed by atoms with Gasteiger partial charge in [-0.15, -0.1) is 11.3 Å². The Morgan fingerprint density at radius 3 is 2.47 bits per heavy atom. The molecular weight excluding hydrogens is 480 g/mol. The van der Waals surface area contributed by atoms with Crippen LogP contribution < -0.4 is 25.3 Å². The van der Waals surface area contributed by atoms with Gasteiger partial charge in [0.15, 0.2) is 16.6 Å². The number of ether oxygens (including phenoxy) is 3. The van der Waals surface area contributed by atoms with Crippen LogP contribution in [0.1, 0.15) is 20.8 Å². The summed E-state index contributed by atoms with van der Waals surface area (Å²) < 4.78 is 16.4. The van der Waals surface area contributed by atoms with Gasteiger partial charge in [-0.1, -0.05) is 12.1 Å². The van der Waals surface area contributed by atoms with Crippen molar-refractivity contribution in [2.45, 2.75) is 13.3 Å². The van der Waals surface area contributed by atoms with Crippen LogP contribution in [0.15, 0.2) is 60.8 Å². The first-order chi connectivity index (χ1) is 17.4. The number of carbonyl (C=O) groups excluding carboxylic acids is 2. The van der Waals surface area contributed by atoms with E-state index in [-0.39, 0.29) is 23.8 Å². The molecule has 0 saturated carbocycles. The average molecular weight is 505 g/mol. The van der Waals surface area contributed by atoms with E-state index in [9.17, 15) is 9.59 Å². The smallest absolute Gasteiger partial charge is 0.254 e. The minimum Gasteiger partial charge on any atom is -0.493 e. The van der Waals surface area contributed by atoms with Gasteiger partial charge in [0.1, 0.15) is 11.3 Å². The van der Waals surface area contributed by atoms with E-state index in [2.05, 4.69) is 15.3 Å². The quantitative estimate of drug-likeness (QED) is 0.341. The number of nitrogens with zero attached hydrogens (tertiary/aromatic N) is 2. The van der Waals surface area contributed by atoms with Crippen molar-refractivity contribution in [3.05, 3.63) is 76.8 Å². The SMILES string of the molecule is COc1ccc(-c2nc(NC(=O)Cc3ccc(Oc4ncccc4C(N)=O)cc3)sc2C)cc1OC. The van der Waals surface area contributed by atoms with Crippen molar-refractivity contribution in [1.82, 2.24) is 9.97 Å². The number of carbonyl (C=O) groups is 2. The molecule has 0 unspecified atom stereocenters. The number of hydrogen-bond donors (Lipinski definition) is 2. The van der Waals surface area contributed by atoms with Crippen LogP contribution in [0.2, 0.25) is 0 Å². The molecule has 2 aromatic heterocycles. The van der Waals surface area contributed by atoms with Crippen molar-refractivity contribution in [2.75, 3.05) is 19.5 Å². The van der Waals surface area contributed by atoms with Gasteiger partial charge in [-0.05, 0) is 55.0 Å². The van der Waals surface area contributed by atoms with Gasteiger partial charge in [0, 0.05) is 16.6 Å². The van der Waals surface area contributed by atoms with Crippen LogP contribution in [0.4, 0.5) is 5.13 Å². The molecule has 3 N–H and O–H groups in total. The van der Waals surface area contributed by atoms with E-state index in [1.165, 1.54) is 17.5 Å². The summed E-state index contributed by atoms with van der Waals surface area (Å²) in [5, 5.41) is 3.38. The summed E-state index contributed by atoms with van der Waals surface area (Å²) in [6.07, 6.45) is 1.66. The van der Waals surface area contributed by atoms with Crippen LogP contribution in [0, 0.1) is 6.92 Å². The Hall–Kier alpha value is -4.44. The number of methoxy groups -OCH3 is 2. The third-order valence-corrected chi connectivity index (χ3v) is 6.13. The molecule has 9 nitrogen and oxygen atoms in total. The molecule has 0 bridgehead atoms. The summed E-state index contributed by atoms with van der Waals surface area (Å²) in [6, 6.07) is 15.7. The van der Waals surface area contributed by atoms with Gasteiger partial charge in [-0.3, -0.25) is 9.59 Å². The molecule has 2 amide bonds. The maximum absolute atomic E-state index is 12.6. The van der Waals surface area contributed by atoms with Crippen molar-refractivity contribution < 1.29 is 23.8 Å². The highest BCUT2D eigenvalue weighted by atomic mass is 32.1. The van der Waals surface area contributed by atoms with Gasteiger partial charge in [0.25, 0.3) is 5.91 Å². The molecule has 0 fully saturated rings. The highest BCUT2D eigenvalue weighted by Gasteiger charge is 2.15. The molecule has 2 heterocycles. The largest absolute Gasteiger partial charge is 0.493 e. The van der Waals surface area contributed by atoms with Crippen LogP contribution in [0.3, 0.4) is 0 Å². The van der Waals surface area contributed by atoms with Crippen molar-refractivity contribution in [2.24, 2.45) is 5.73 Å². The van der Waals surface area contributed by atoms with Crippen molar-refractivity contribution in [3.8, 4) is 34.4 Å². The zero-order valence-corrected chi connectivity index (χ0v) is 20.7. The maximum atomic E-state index is 12.6. The topological polar surface area (TPSA) is 126 Å². The van der Waals surface area contributed by atoms with Crippen molar-refractivity contribution in [3.63, 3.8) is 0 Å². The molecule has 0 spiro atoms. The number of rotatable bonds is 9. The fraction of sp³-hybridized carbons (Fsp3) is 0.154. The number of primary amides is 1. The number of benzene rings is 2. The normalized spacial score (nSPS) is 10.5. The van der Waals surface area contributed by atoms with Crippen molar-refractivity contribution >= 4 is 28.3 Å². The predicted molar refractivity (Wildman–Crippen MR) is 137 cm³/mol. The van der Waals surface area contributed by atoms with Gasteiger partial charge in [0.2, 0.25) is 11.8 Å². The van der Waals surface area contributed by atoms with E-state index in [1.54, 1.807) is 50.6 Å². The molecule has 0 saturated heterocycles. The molecule has 0 aliphatic carbocycles. The van der Waals surface area contributed by atoms with Crippen molar-refractivity contribution in [1.29, 1.82) is 0 Å². The molecule has 0 aliphatic heterocycles. The number of amides is 2. The molecule has 0 radical (unpaired) electrons. The number of hydrogen-bond acceptors (Lipinski definition) is 8. The number of nitrogens with two attached hydrogens (primary N) is 1. The first-order valence-corrected chi connectivity index (χ1v) is 11.7. The Labute approximate surface area is 211 Å². The molecule has 10 heteroatoms. The Kier molecular flexibility index (Phi) is 7.45. The first kappa shape index (κ1) is 24.7. The fourth-order valence-corrected chi connectivity index (χ4v) is 4.35. The summed E-state index contributed by atoms with van der Waals surface area (Å²) in [6.45, 7) is 1.95. The number of pyridine rings is 1. The predicted octanol–water partition coefficient (Wildman–Crippen LogP) is 4.60. The second kappa shape index (κ2) is 10.9. The third-order valence-electron chi connectivity index (χ3n) is 5.24. The number of aryl methyl sites for hydroxylation is 1. The summed E-state index contributed by atoms with van der Waals surface area (Å²) in [4.78, 5) is 33.8. The second-order valence-electron chi connectivity index (χ2n) is 7.68. The lowest BCUT2D eigenvalue weighted by Crippen LogP contribution is -2.14. The Balaban J connectivity index is 1.41. The minimum atomic E-state index is -0.627.